The van der Waals surface area contributed by atoms with Gasteiger partial charge in [0, 0.05) is 63.4 Å². The Kier molecular flexibility index (Phi) is 27.4. The molecule has 3 amide bonds. The summed E-state index contributed by atoms with van der Waals surface area (Å²) >= 11 is 9.69. The highest BCUT2D eigenvalue weighted by molar-refractivity contribution is 9.11. The average Bonchev–Trinajstić information content (AvgIpc) is 3.55. The summed E-state index contributed by atoms with van der Waals surface area (Å²) in [6, 6.07) is 12.4. The zero-order valence-electron chi connectivity index (χ0n) is 42.8. The molecule has 0 radical (unpaired) electrons. The van der Waals surface area contributed by atoms with E-state index >= 15 is 0 Å². The van der Waals surface area contributed by atoms with Crippen molar-refractivity contribution in [2.24, 2.45) is 16.2 Å². The van der Waals surface area contributed by atoms with Crippen LogP contribution in [-0.4, -0.2) is 101 Å². The summed E-state index contributed by atoms with van der Waals surface area (Å²) in [5.41, 5.74) is 10.5. The van der Waals surface area contributed by atoms with Gasteiger partial charge in [0.25, 0.3) is 0 Å². The molecule has 0 saturated carbocycles. The van der Waals surface area contributed by atoms with Crippen molar-refractivity contribution < 1.29 is 52.7 Å². The number of pyridine rings is 4. The van der Waals surface area contributed by atoms with E-state index in [2.05, 4.69) is 83.1 Å². The van der Waals surface area contributed by atoms with Gasteiger partial charge in [-0.05, 0) is 138 Å². The first-order valence-corrected chi connectivity index (χ1v) is 25.2. The highest BCUT2D eigenvalue weighted by Crippen LogP contribution is 2.35. The number of esters is 1. The van der Waals surface area contributed by atoms with Crippen LogP contribution in [0.3, 0.4) is 0 Å². The fourth-order valence-electron chi connectivity index (χ4n) is 6.00. The molecule has 20 nitrogen and oxygen atoms in total. The van der Waals surface area contributed by atoms with E-state index in [9.17, 15) is 19.2 Å². The third-order valence-corrected chi connectivity index (χ3v) is 11.8. The van der Waals surface area contributed by atoms with Gasteiger partial charge in [0.1, 0.15) is 19.8 Å². The molecule has 422 valence electrons. The largest absolute Gasteiger partial charge is 0.504 e. The smallest absolute Gasteiger partial charge is 0.314 e. The summed E-state index contributed by atoms with van der Waals surface area (Å²) in [5.74, 6) is 3.39. The molecule has 0 fully saturated rings. The predicted octanol–water partition coefficient (Wildman–Crippen LogP) is 11.2. The number of nitrogens with one attached hydrogen (secondary N) is 2. The number of methoxy groups -OCH3 is 2. The zero-order valence-corrected chi connectivity index (χ0v) is 47.6. The van der Waals surface area contributed by atoms with Crippen LogP contribution >= 0.6 is 47.8 Å². The maximum absolute atomic E-state index is 12.7. The van der Waals surface area contributed by atoms with Gasteiger partial charge in [-0.2, -0.15) is 0 Å². The summed E-state index contributed by atoms with van der Waals surface area (Å²) in [5, 5.41) is 14.4. The first-order valence-electron chi connectivity index (χ1n) is 22.8. The second-order valence-electron chi connectivity index (χ2n) is 18.5. The van der Waals surface area contributed by atoms with Gasteiger partial charge in [-0.3, -0.25) is 19.2 Å². The normalized spacial score (nSPS) is 13.4. The minimum Gasteiger partial charge on any atom is -0.504 e. The van der Waals surface area contributed by atoms with Gasteiger partial charge < -0.3 is 60.5 Å². The number of rotatable bonds is 12. The van der Waals surface area contributed by atoms with Gasteiger partial charge in [0.2, 0.25) is 17.7 Å². The second kappa shape index (κ2) is 30.9. The van der Waals surface area contributed by atoms with E-state index in [1.165, 1.54) is 25.4 Å². The van der Waals surface area contributed by atoms with E-state index in [0.717, 1.165) is 20.9 Å². The van der Waals surface area contributed by atoms with Crippen LogP contribution in [-0.2, 0) is 30.5 Å². The van der Waals surface area contributed by atoms with Crippen molar-refractivity contribution in [1.82, 2.24) is 24.8 Å². The average molecular weight is 1260 g/mol. The lowest BCUT2D eigenvalue weighted by atomic mass is 9.94. The molecule has 0 aliphatic carbocycles. The topological polar surface area (TPSA) is 275 Å². The lowest BCUT2D eigenvalue weighted by Gasteiger charge is -2.21. The lowest BCUT2D eigenvalue weighted by Crippen LogP contribution is -2.33. The fourth-order valence-corrected chi connectivity index (χ4v) is 6.94. The Labute approximate surface area is 477 Å². The van der Waals surface area contributed by atoms with E-state index in [1.807, 2.05) is 52.8 Å². The number of likely N-dealkylation sites (N-methyl/N-ethyl adjacent to an activating group) is 1. The molecule has 2 aliphatic rings. The number of fused-ring (bicyclic) bond motifs is 2. The van der Waals surface area contributed by atoms with Gasteiger partial charge in [0.05, 0.1) is 37.1 Å². The number of nitrogens with two attached hydrogens (primary N) is 2. The van der Waals surface area contributed by atoms with E-state index in [0.29, 0.717) is 70.2 Å². The van der Waals surface area contributed by atoms with Gasteiger partial charge in [-0.25, -0.2) is 19.9 Å². The van der Waals surface area contributed by atoms with Crippen LogP contribution in [0.2, 0.25) is 0 Å². The molecule has 0 saturated heterocycles. The molecule has 0 spiro atoms. The van der Waals surface area contributed by atoms with E-state index in [4.69, 9.17) is 40.3 Å². The van der Waals surface area contributed by atoms with Gasteiger partial charge >= 0.3 is 5.97 Å². The molecular weight excluding hydrogens is 1190 g/mol. The maximum atomic E-state index is 12.7. The lowest BCUT2D eigenvalue weighted by molar-refractivity contribution is -0.152. The number of nitrogen functional groups attached to an aromatic ring is 2. The number of aromatic nitrogens is 4. The van der Waals surface area contributed by atoms with E-state index in [1.54, 1.807) is 75.8 Å². The number of carbonyl (C=O) groups excluding carboxylic acids is 4. The standard InChI is InChI=1S/C25H31N3O5.C11H15BrN2O3.C10H11BrN2O2.C5H5BrN2O.3CH4/c1-6-12-32-22-18(8-7-9-19(22)31-5)15-28(4)21(29)11-10-17-13-20-23(26-14-17)27-24(30)25(2,3)16-33-20;1-11(2,10(15)16-3)6-17-8-4-7(12)5-14-9(8)13;1-10(2)5-15-7-3-6(11)4-12-8(7)13-9(10)14;6-3-1-4(9)5(7)8-2-3;;;/h7-11,13-14H,6,12,15-16H2,1-5H3,(H,26,27,30);4-5H,6H2,1-3H3,(H2,13,14);3-4H,5H2,1-2H3,(H,12,13,14);1-2,9H,(H2,7,8);3*1H4/b11-10+;;;;;;. The van der Waals surface area contributed by atoms with Crippen LogP contribution in [0.1, 0.15) is 88.3 Å². The number of aromatic hydroxyl groups is 1. The van der Waals surface area contributed by atoms with Crippen molar-refractivity contribution in [2.75, 3.05) is 69.8 Å². The van der Waals surface area contributed by atoms with Crippen LogP contribution < -0.4 is 45.8 Å². The Morgan fingerprint density at radius 2 is 1.32 bits per heavy atom. The third-order valence-electron chi connectivity index (χ3n) is 10.5. The Morgan fingerprint density at radius 1 is 0.792 bits per heavy atom. The molecule has 0 unspecified atom stereocenters. The van der Waals surface area contributed by atoms with Crippen molar-refractivity contribution >= 4 is 101 Å². The number of carbonyl (C=O) groups is 4. The van der Waals surface area contributed by atoms with Crippen LogP contribution in [0.15, 0.2) is 86.7 Å². The van der Waals surface area contributed by atoms with Gasteiger partial charge in [0.15, 0.2) is 57.8 Å². The fraction of sp³-hybridized carbons (Fsp3) is 0.407. The predicted molar refractivity (Wildman–Crippen MR) is 312 cm³/mol. The zero-order chi connectivity index (χ0) is 55.0. The number of ether oxygens (including phenoxy) is 6. The summed E-state index contributed by atoms with van der Waals surface area (Å²) < 4.78 is 35.1. The molecule has 7 rings (SSSR count). The second-order valence-corrected chi connectivity index (χ2v) is 21.2. The molecule has 2 aliphatic heterocycles. The summed E-state index contributed by atoms with van der Waals surface area (Å²) in [4.78, 5) is 65.7. The van der Waals surface area contributed by atoms with Crippen molar-refractivity contribution in [3.05, 3.63) is 97.9 Å². The number of hydrogen-bond acceptors (Lipinski definition) is 17. The van der Waals surface area contributed by atoms with Gasteiger partial charge in [-0.15, -0.1) is 0 Å². The molecule has 5 aromatic rings. The molecular formula is C54H74Br3N9O11. The van der Waals surface area contributed by atoms with Crippen molar-refractivity contribution in [1.29, 1.82) is 0 Å². The molecule has 23 heteroatoms. The summed E-state index contributed by atoms with van der Waals surface area (Å²) in [7, 11) is 4.67. The molecule has 1 aromatic carbocycles. The van der Waals surface area contributed by atoms with Crippen LogP contribution in [0.25, 0.3) is 6.08 Å². The highest BCUT2D eigenvalue weighted by atomic mass is 79.9. The monoisotopic (exact) mass is 1260 g/mol. The number of benzene rings is 1. The maximum Gasteiger partial charge on any atom is 0.314 e. The summed E-state index contributed by atoms with van der Waals surface area (Å²) in [6.07, 6.45) is 10.3. The molecule has 0 bridgehead atoms. The first-order chi connectivity index (χ1) is 34.8. The molecule has 6 heterocycles. The highest BCUT2D eigenvalue weighted by Gasteiger charge is 2.34. The minimum atomic E-state index is -0.733. The summed E-state index contributed by atoms with van der Waals surface area (Å²) in [6.45, 7) is 14.5. The van der Waals surface area contributed by atoms with Crippen molar-refractivity contribution in [3.8, 4) is 34.5 Å². The van der Waals surface area contributed by atoms with Crippen molar-refractivity contribution in [3.63, 3.8) is 0 Å². The van der Waals surface area contributed by atoms with Crippen LogP contribution in [0.5, 0.6) is 34.5 Å². The number of nitrogens with zero attached hydrogens (tertiary/aromatic N) is 5. The van der Waals surface area contributed by atoms with Gasteiger partial charge in [-0.1, -0.05) is 41.3 Å². The number of amides is 3. The molecule has 7 N–H and O–H groups in total. The van der Waals surface area contributed by atoms with Crippen molar-refractivity contribution in [2.45, 2.75) is 83.7 Å². The van der Waals surface area contributed by atoms with E-state index < -0.39 is 16.2 Å². The van der Waals surface area contributed by atoms with E-state index in [-0.39, 0.29) is 76.6 Å². The Hall–Kier alpha value is -6.72. The number of hydrogen-bond donors (Lipinski definition) is 5. The van der Waals surface area contributed by atoms with Crippen LogP contribution in [0, 0.1) is 16.2 Å². The Bertz CT molecular complexity index is 2820. The first kappa shape index (κ1) is 68.3. The quantitative estimate of drug-likeness (QED) is 0.0573. The number of para-hydroxylation sites is 1. The third kappa shape index (κ3) is 20.3. The van der Waals surface area contributed by atoms with Crippen LogP contribution in [0.4, 0.5) is 23.3 Å². The molecule has 4 aromatic heterocycles. The minimum absolute atomic E-state index is 0. The Balaban J connectivity index is 0.000000566. The molecule has 77 heavy (non-hydrogen) atoms. The molecule has 0 atom stereocenters. The Morgan fingerprint density at radius 3 is 1.87 bits per heavy atom. The number of halogens is 3. The SMILES string of the molecule is C.C.C.CC1(C)COc2cc(Br)cnc2NC1=O.CCCOc1c(CN(C)C(=O)/C=C/c2cnc3c(c2)OCC(C)(C)C(=O)N3)cccc1OC.COC(=O)C(C)(C)COc1cc(Br)cnc1N.Nc1ncc(Br)cc1O. The number of anilines is 4.